The van der Waals surface area contributed by atoms with Crippen molar-refractivity contribution >= 4 is 23.5 Å². The standard InChI is InChI=1S/C30H34F3N3O4/c1-28(2,3)22-11-14-29(15-12-22)35-25(21-5-4-6-23(17-21)30(31,32)33)27(40)36(29)18-19-7-9-20(10-8-19)26(39)34-16-13-24(37)38/h4-10,17,22H,11-16,18H2,1-3H3,(H,34,39)(H,37,38). The fourth-order valence-corrected chi connectivity index (χ4v) is 5.54. The Kier molecular flexibility index (Phi) is 8.10. The van der Waals surface area contributed by atoms with Gasteiger partial charge in [-0.25, -0.2) is 0 Å². The second kappa shape index (κ2) is 11.1. The van der Waals surface area contributed by atoms with Gasteiger partial charge in [0.1, 0.15) is 11.4 Å². The molecule has 0 saturated heterocycles. The average molecular weight is 558 g/mol. The molecule has 40 heavy (non-hydrogen) atoms. The summed E-state index contributed by atoms with van der Waals surface area (Å²) in [7, 11) is 0. The van der Waals surface area contributed by atoms with Crippen molar-refractivity contribution in [3.63, 3.8) is 0 Å². The Labute approximate surface area is 231 Å². The summed E-state index contributed by atoms with van der Waals surface area (Å²) in [4.78, 5) is 43.3. The molecule has 1 spiro atoms. The third-order valence-corrected chi connectivity index (χ3v) is 7.93. The smallest absolute Gasteiger partial charge is 0.416 e. The lowest BCUT2D eigenvalue weighted by Crippen LogP contribution is -2.49. The minimum atomic E-state index is -4.54. The molecule has 1 heterocycles. The zero-order chi connectivity index (χ0) is 29.3. The summed E-state index contributed by atoms with van der Waals surface area (Å²) in [6, 6.07) is 11.4. The Morgan fingerprint density at radius 3 is 2.30 bits per heavy atom. The second-order valence-corrected chi connectivity index (χ2v) is 11.6. The fourth-order valence-electron chi connectivity index (χ4n) is 5.54. The van der Waals surface area contributed by atoms with Crippen LogP contribution in [0.3, 0.4) is 0 Å². The lowest BCUT2D eigenvalue weighted by molar-refractivity contribution is -0.138. The number of nitrogens with one attached hydrogen (secondary N) is 1. The number of carboxylic acid groups (broad SMARTS) is 1. The van der Waals surface area contributed by atoms with E-state index in [2.05, 4.69) is 26.1 Å². The van der Waals surface area contributed by atoms with E-state index < -0.39 is 35.2 Å². The molecule has 0 atom stereocenters. The number of alkyl halides is 3. The first-order chi connectivity index (χ1) is 18.7. The molecule has 0 unspecified atom stereocenters. The average Bonchev–Trinajstić information content (AvgIpc) is 3.14. The van der Waals surface area contributed by atoms with Gasteiger partial charge in [0.15, 0.2) is 0 Å². The van der Waals surface area contributed by atoms with Gasteiger partial charge in [0, 0.05) is 24.2 Å². The van der Waals surface area contributed by atoms with Crippen LogP contribution in [0.2, 0.25) is 0 Å². The van der Waals surface area contributed by atoms with Crippen LogP contribution in [0, 0.1) is 11.3 Å². The van der Waals surface area contributed by atoms with Crippen LogP contribution in [-0.4, -0.2) is 45.7 Å². The summed E-state index contributed by atoms with van der Waals surface area (Å²) >= 11 is 0. The largest absolute Gasteiger partial charge is 0.481 e. The van der Waals surface area contributed by atoms with Crippen molar-refractivity contribution in [2.24, 2.45) is 16.3 Å². The molecule has 1 saturated carbocycles. The SMILES string of the molecule is CC(C)(C)C1CCC2(CC1)N=C(c1cccc(C(F)(F)F)c1)C(=O)N2Cc1ccc(C(=O)NCCC(=O)O)cc1. The predicted octanol–water partition coefficient (Wildman–Crippen LogP) is 5.67. The molecule has 0 radical (unpaired) electrons. The molecule has 1 fully saturated rings. The monoisotopic (exact) mass is 557 g/mol. The van der Waals surface area contributed by atoms with E-state index in [1.165, 1.54) is 12.1 Å². The fraction of sp³-hybridized carbons (Fsp3) is 0.467. The number of nitrogens with zero attached hydrogens (tertiary/aromatic N) is 2. The molecule has 7 nitrogen and oxygen atoms in total. The van der Waals surface area contributed by atoms with E-state index in [1.807, 2.05) is 0 Å². The molecule has 214 valence electrons. The Morgan fingerprint density at radius 1 is 1.07 bits per heavy atom. The maximum absolute atomic E-state index is 13.8. The van der Waals surface area contributed by atoms with Crippen LogP contribution in [0.25, 0.3) is 0 Å². The lowest BCUT2D eigenvalue weighted by Gasteiger charge is -2.44. The molecular formula is C30H34F3N3O4. The number of carbonyl (C=O) groups excluding carboxylic acids is 2. The first kappa shape index (κ1) is 29.3. The normalized spacial score (nSPS) is 21.4. The van der Waals surface area contributed by atoms with Crippen molar-refractivity contribution in [1.82, 2.24) is 10.2 Å². The van der Waals surface area contributed by atoms with Gasteiger partial charge in [0.25, 0.3) is 11.8 Å². The molecule has 2 aromatic carbocycles. The lowest BCUT2D eigenvalue weighted by atomic mass is 9.69. The summed E-state index contributed by atoms with van der Waals surface area (Å²) in [6.07, 6.45) is -1.85. The third kappa shape index (κ3) is 6.37. The van der Waals surface area contributed by atoms with Crippen molar-refractivity contribution in [1.29, 1.82) is 0 Å². The number of amides is 2. The van der Waals surface area contributed by atoms with Gasteiger partial charge in [-0.15, -0.1) is 0 Å². The van der Waals surface area contributed by atoms with Crippen LogP contribution in [0.5, 0.6) is 0 Å². The Hall–Kier alpha value is -3.69. The van der Waals surface area contributed by atoms with Crippen LogP contribution < -0.4 is 5.32 Å². The maximum Gasteiger partial charge on any atom is 0.416 e. The van der Waals surface area contributed by atoms with Crippen molar-refractivity contribution in [2.45, 2.75) is 71.3 Å². The van der Waals surface area contributed by atoms with E-state index in [4.69, 9.17) is 10.1 Å². The van der Waals surface area contributed by atoms with Crippen LogP contribution >= 0.6 is 0 Å². The number of rotatable bonds is 7. The van der Waals surface area contributed by atoms with E-state index in [0.29, 0.717) is 24.3 Å². The van der Waals surface area contributed by atoms with Crippen LogP contribution in [0.4, 0.5) is 13.2 Å². The molecule has 10 heteroatoms. The molecular weight excluding hydrogens is 523 g/mol. The minimum Gasteiger partial charge on any atom is -0.481 e. The van der Waals surface area contributed by atoms with E-state index in [-0.39, 0.29) is 36.2 Å². The zero-order valence-corrected chi connectivity index (χ0v) is 22.8. The maximum atomic E-state index is 13.8. The molecule has 1 aliphatic heterocycles. The van der Waals surface area contributed by atoms with Gasteiger partial charge in [-0.05, 0) is 66.8 Å². The first-order valence-corrected chi connectivity index (χ1v) is 13.4. The van der Waals surface area contributed by atoms with E-state index in [1.54, 1.807) is 29.2 Å². The molecule has 2 aromatic rings. The van der Waals surface area contributed by atoms with Gasteiger partial charge in [0.05, 0.1) is 12.0 Å². The Balaban J connectivity index is 1.60. The van der Waals surface area contributed by atoms with Crippen LogP contribution in [0.15, 0.2) is 53.5 Å². The van der Waals surface area contributed by atoms with Gasteiger partial charge in [-0.3, -0.25) is 19.4 Å². The summed E-state index contributed by atoms with van der Waals surface area (Å²) in [5.41, 5.74) is -0.320. The number of hydrogen-bond acceptors (Lipinski definition) is 4. The molecule has 1 aliphatic carbocycles. The summed E-state index contributed by atoms with van der Waals surface area (Å²) in [5.74, 6) is -1.40. The Bertz CT molecular complexity index is 1300. The number of carboxylic acids is 1. The molecule has 2 N–H and O–H groups in total. The minimum absolute atomic E-state index is 0.00589. The van der Waals surface area contributed by atoms with Gasteiger partial charge in [-0.1, -0.05) is 45.0 Å². The first-order valence-electron chi connectivity index (χ1n) is 13.4. The molecule has 0 bridgehead atoms. The van der Waals surface area contributed by atoms with Crippen LogP contribution in [-0.2, 0) is 22.3 Å². The quantitative estimate of drug-likeness (QED) is 0.458. The van der Waals surface area contributed by atoms with Crippen molar-refractivity contribution in [3.05, 3.63) is 70.8 Å². The highest BCUT2D eigenvalue weighted by Crippen LogP contribution is 2.47. The number of hydrogen-bond donors (Lipinski definition) is 2. The molecule has 2 aliphatic rings. The number of carbonyl (C=O) groups is 3. The molecule has 2 amide bonds. The second-order valence-electron chi connectivity index (χ2n) is 11.6. The topological polar surface area (TPSA) is 99.1 Å². The van der Waals surface area contributed by atoms with E-state index in [0.717, 1.165) is 30.5 Å². The molecule has 4 rings (SSSR count). The van der Waals surface area contributed by atoms with Gasteiger partial charge >= 0.3 is 12.1 Å². The van der Waals surface area contributed by atoms with Gasteiger partial charge in [-0.2, -0.15) is 13.2 Å². The third-order valence-electron chi connectivity index (χ3n) is 7.93. The van der Waals surface area contributed by atoms with Gasteiger partial charge < -0.3 is 15.3 Å². The van der Waals surface area contributed by atoms with E-state index in [9.17, 15) is 27.6 Å². The number of aliphatic imine (C=N–C) groups is 1. The highest BCUT2D eigenvalue weighted by atomic mass is 19.4. The zero-order valence-electron chi connectivity index (χ0n) is 22.8. The predicted molar refractivity (Wildman–Crippen MR) is 144 cm³/mol. The summed E-state index contributed by atoms with van der Waals surface area (Å²) < 4.78 is 40.3. The number of benzene rings is 2. The summed E-state index contributed by atoms with van der Waals surface area (Å²) in [5, 5.41) is 11.3. The van der Waals surface area contributed by atoms with Gasteiger partial charge in [0.2, 0.25) is 0 Å². The van der Waals surface area contributed by atoms with Crippen molar-refractivity contribution < 1.29 is 32.7 Å². The number of aliphatic carboxylic acids is 1. The molecule has 0 aromatic heterocycles. The number of halogens is 3. The van der Waals surface area contributed by atoms with E-state index >= 15 is 0 Å². The van der Waals surface area contributed by atoms with Crippen molar-refractivity contribution in [3.8, 4) is 0 Å². The van der Waals surface area contributed by atoms with Crippen molar-refractivity contribution in [2.75, 3.05) is 6.54 Å². The highest BCUT2D eigenvalue weighted by molar-refractivity contribution is 6.46. The van der Waals surface area contributed by atoms with Crippen LogP contribution in [0.1, 0.15) is 79.9 Å². The Morgan fingerprint density at radius 2 is 1.73 bits per heavy atom. The highest BCUT2D eigenvalue weighted by Gasteiger charge is 2.50. The summed E-state index contributed by atoms with van der Waals surface area (Å²) in [6.45, 7) is 6.75.